The normalized spacial score (nSPS) is 16.4. The van der Waals surface area contributed by atoms with Crippen LogP contribution in [0.3, 0.4) is 0 Å². The van der Waals surface area contributed by atoms with Gasteiger partial charge in [-0.1, -0.05) is 12.1 Å². The summed E-state index contributed by atoms with van der Waals surface area (Å²) in [6, 6.07) is 16.1. The minimum atomic E-state index is 0.0695. The molecule has 0 bridgehead atoms. The lowest BCUT2D eigenvalue weighted by Gasteiger charge is -2.26. The minimum absolute atomic E-state index is 0.0695. The van der Waals surface area contributed by atoms with Gasteiger partial charge in [0, 0.05) is 61.4 Å². The molecule has 2 aliphatic heterocycles. The molecule has 1 N–H and O–H groups in total. The van der Waals surface area contributed by atoms with Gasteiger partial charge in [0.1, 0.15) is 30.2 Å². The Morgan fingerprint density at radius 1 is 0.951 bits per heavy atom. The number of nitrogens with one attached hydrogen (secondary N) is 1. The lowest BCUT2D eigenvalue weighted by atomic mass is 10.0. The molecule has 9 heteroatoms. The number of hydrogen-bond donors (Lipinski definition) is 1. The van der Waals surface area contributed by atoms with Crippen LogP contribution in [0.1, 0.15) is 18.4 Å². The van der Waals surface area contributed by atoms with Crippen LogP contribution in [0.5, 0.6) is 17.2 Å². The molecule has 9 nitrogen and oxygen atoms in total. The molecule has 2 aromatic heterocycles. The topological polar surface area (TPSA) is 102 Å². The Morgan fingerprint density at radius 2 is 1.73 bits per heavy atom. The predicted octanol–water partition coefficient (Wildman–Crippen LogP) is 5.05. The number of hydrogen-bond acceptors (Lipinski definition) is 8. The van der Waals surface area contributed by atoms with Crippen molar-refractivity contribution in [1.82, 2.24) is 14.9 Å². The van der Waals surface area contributed by atoms with Gasteiger partial charge in [0.05, 0.1) is 39.1 Å². The molecule has 0 radical (unpaired) electrons. The van der Waals surface area contributed by atoms with E-state index in [4.69, 9.17) is 23.7 Å². The summed E-state index contributed by atoms with van der Waals surface area (Å²) in [5, 5.41) is 10.8. The van der Waals surface area contributed by atoms with Crippen LogP contribution < -0.4 is 14.2 Å². The first-order chi connectivity index (χ1) is 20.2. The lowest BCUT2D eigenvalue weighted by Crippen LogP contribution is -2.38. The van der Waals surface area contributed by atoms with Crippen LogP contribution in [-0.2, 0) is 9.47 Å². The van der Waals surface area contributed by atoms with Gasteiger partial charge in [-0.15, -0.1) is 0 Å². The summed E-state index contributed by atoms with van der Waals surface area (Å²) in [5.41, 5.74) is 5.12. The maximum absolute atomic E-state index is 9.86. The summed E-state index contributed by atoms with van der Waals surface area (Å²) < 4.78 is 28.7. The number of aromatic nitrogens is 2. The molecular formula is C32H34N4O5. The van der Waals surface area contributed by atoms with Gasteiger partial charge in [-0.2, -0.15) is 5.26 Å². The average Bonchev–Trinajstić information content (AvgIpc) is 3.46. The van der Waals surface area contributed by atoms with E-state index in [-0.39, 0.29) is 6.10 Å². The summed E-state index contributed by atoms with van der Waals surface area (Å²) in [6.45, 7) is 6.22. The fourth-order valence-corrected chi connectivity index (χ4v) is 5.34. The van der Waals surface area contributed by atoms with Crippen LogP contribution in [0, 0.1) is 11.3 Å². The molecule has 4 aromatic rings. The smallest absolute Gasteiger partial charge is 0.161 e. The van der Waals surface area contributed by atoms with E-state index in [1.807, 2.05) is 48.8 Å². The molecule has 2 aliphatic rings. The zero-order valence-electron chi connectivity index (χ0n) is 23.2. The predicted molar refractivity (Wildman–Crippen MR) is 155 cm³/mol. The van der Waals surface area contributed by atoms with Crippen LogP contribution in [-0.4, -0.2) is 80.8 Å². The quantitative estimate of drug-likeness (QED) is 0.307. The Balaban J connectivity index is 1.22. The number of benzene rings is 2. The Morgan fingerprint density at radius 3 is 2.54 bits per heavy atom. The third kappa shape index (κ3) is 6.15. The van der Waals surface area contributed by atoms with Crippen molar-refractivity contribution in [3.05, 3.63) is 60.4 Å². The third-order valence-corrected chi connectivity index (χ3v) is 7.67. The molecule has 212 valence electrons. The number of nitriles is 1. The van der Waals surface area contributed by atoms with Gasteiger partial charge in [0.15, 0.2) is 11.5 Å². The molecule has 0 atom stereocenters. The number of H-pyrrole nitrogens is 1. The Labute approximate surface area is 239 Å². The molecule has 0 spiro atoms. The van der Waals surface area contributed by atoms with Crippen molar-refractivity contribution in [3.8, 4) is 45.6 Å². The van der Waals surface area contributed by atoms with Crippen molar-refractivity contribution < 1.29 is 23.7 Å². The highest BCUT2D eigenvalue weighted by molar-refractivity contribution is 5.96. The van der Waals surface area contributed by atoms with E-state index in [1.165, 1.54) is 0 Å². The fraction of sp³-hybridized carbons (Fsp3) is 0.375. The van der Waals surface area contributed by atoms with E-state index in [9.17, 15) is 5.26 Å². The van der Waals surface area contributed by atoms with Crippen LogP contribution in [0.15, 0.2) is 54.9 Å². The van der Waals surface area contributed by atoms with E-state index >= 15 is 0 Å². The van der Waals surface area contributed by atoms with Crippen LogP contribution in [0.4, 0.5) is 0 Å². The summed E-state index contributed by atoms with van der Waals surface area (Å²) >= 11 is 0. The van der Waals surface area contributed by atoms with Crippen molar-refractivity contribution >= 4 is 11.0 Å². The van der Waals surface area contributed by atoms with Gasteiger partial charge < -0.3 is 28.7 Å². The molecule has 6 rings (SSSR count). The highest BCUT2D eigenvalue weighted by atomic mass is 16.5. The molecule has 2 fully saturated rings. The number of fused-ring (bicyclic) bond motifs is 1. The molecule has 2 aromatic carbocycles. The first-order valence-corrected chi connectivity index (χ1v) is 14.1. The van der Waals surface area contributed by atoms with E-state index < -0.39 is 0 Å². The number of methoxy groups -OCH3 is 1. The highest BCUT2D eigenvalue weighted by Crippen LogP contribution is 2.36. The average molecular weight is 555 g/mol. The van der Waals surface area contributed by atoms with Crippen molar-refractivity contribution in [2.24, 2.45) is 0 Å². The molecule has 41 heavy (non-hydrogen) atoms. The second kappa shape index (κ2) is 12.6. The highest BCUT2D eigenvalue weighted by Gasteiger charge is 2.19. The molecule has 0 amide bonds. The summed E-state index contributed by atoms with van der Waals surface area (Å²) in [4.78, 5) is 10.3. The van der Waals surface area contributed by atoms with Crippen molar-refractivity contribution in [3.63, 3.8) is 0 Å². The van der Waals surface area contributed by atoms with Gasteiger partial charge in [-0.25, -0.2) is 4.98 Å². The zero-order valence-corrected chi connectivity index (χ0v) is 23.2. The van der Waals surface area contributed by atoms with Gasteiger partial charge in [-0.05, 0) is 41.5 Å². The van der Waals surface area contributed by atoms with Gasteiger partial charge in [-0.3, -0.25) is 4.90 Å². The number of aromatic amines is 1. The molecule has 2 saturated heterocycles. The van der Waals surface area contributed by atoms with Gasteiger partial charge in [0.2, 0.25) is 0 Å². The molecular weight excluding hydrogens is 520 g/mol. The minimum Gasteiger partial charge on any atom is -0.493 e. The molecule has 4 heterocycles. The van der Waals surface area contributed by atoms with Crippen molar-refractivity contribution in [2.45, 2.75) is 18.9 Å². The maximum atomic E-state index is 9.86. The number of ether oxygens (including phenoxy) is 5. The van der Waals surface area contributed by atoms with E-state index in [1.54, 1.807) is 7.11 Å². The Kier molecular flexibility index (Phi) is 8.33. The van der Waals surface area contributed by atoms with Crippen molar-refractivity contribution in [1.29, 1.82) is 5.26 Å². The van der Waals surface area contributed by atoms with Crippen molar-refractivity contribution in [2.75, 3.05) is 59.8 Å². The van der Waals surface area contributed by atoms with E-state index in [2.05, 4.69) is 27.0 Å². The van der Waals surface area contributed by atoms with Crippen LogP contribution in [0.25, 0.3) is 33.3 Å². The first kappa shape index (κ1) is 27.1. The third-order valence-electron chi connectivity index (χ3n) is 7.67. The Hall–Kier alpha value is -4.10. The second-order valence-electron chi connectivity index (χ2n) is 10.2. The van der Waals surface area contributed by atoms with Gasteiger partial charge >= 0.3 is 0 Å². The zero-order chi connectivity index (χ0) is 28.0. The summed E-state index contributed by atoms with van der Waals surface area (Å²) in [7, 11) is 1.65. The van der Waals surface area contributed by atoms with Crippen LogP contribution >= 0.6 is 0 Å². The molecule has 0 saturated carbocycles. The first-order valence-electron chi connectivity index (χ1n) is 14.1. The molecule has 0 aliphatic carbocycles. The standard InChI is InChI=1S/C32H34N4O5/c1-37-31-18-22(2-5-30(31)40-15-10-36-8-13-39-14-9-36)25-17-27-28(21-35-32(27)34-20-25)23-3-4-29(24(16-23)19-33)41-26-6-11-38-12-7-26/h2-5,16-18,20-21,26H,6-15H2,1H3,(H,34,35). The second-order valence-corrected chi connectivity index (χ2v) is 10.2. The van der Waals surface area contributed by atoms with Crippen LogP contribution in [0.2, 0.25) is 0 Å². The van der Waals surface area contributed by atoms with Gasteiger partial charge in [0.25, 0.3) is 0 Å². The number of morpholine rings is 1. The lowest BCUT2D eigenvalue weighted by molar-refractivity contribution is 0.0254. The number of pyridine rings is 1. The number of nitrogens with zero attached hydrogens (tertiary/aromatic N) is 3. The van der Waals surface area contributed by atoms with E-state index in [0.717, 1.165) is 79.0 Å². The summed E-state index contributed by atoms with van der Waals surface area (Å²) in [5.74, 6) is 2.01. The molecule has 0 unspecified atom stereocenters. The fourth-order valence-electron chi connectivity index (χ4n) is 5.34. The summed E-state index contributed by atoms with van der Waals surface area (Å²) in [6.07, 6.45) is 5.51. The monoisotopic (exact) mass is 554 g/mol. The maximum Gasteiger partial charge on any atom is 0.161 e. The van der Waals surface area contributed by atoms with E-state index in [0.29, 0.717) is 42.6 Å². The SMILES string of the molecule is COc1cc(-c2cnc3[nH]cc(-c4ccc(OC5CCOCC5)c(C#N)c4)c3c2)ccc1OCCN1CCOCC1. The Bertz CT molecular complexity index is 1530. The number of rotatable bonds is 9. The largest absolute Gasteiger partial charge is 0.493 e.